The van der Waals surface area contributed by atoms with Crippen molar-refractivity contribution in [2.75, 3.05) is 56.1 Å². The predicted molar refractivity (Wildman–Crippen MR) is 128 cm³/mol. The Morgan fingerprint density at radius 1 is 0.971 bits per heavy atom. The van der Waals surface area contributed by atoms with Crippen molar-refractivity contribution in [2.45, 2.75) is 19.3 Å². The fraction of sp³-hybridized carbons (Fsp3) is 0.400. The number of carbonyl (C=O) groups excluding carboxylic acids is 3. The number of methoxy groups -OCH3 is 3. The smallest absolute Gasteiger partial charge is 0.337 e. The first-order valence-electron chi connectivity index (χ1n) is 11.3. The van der Waals surface area contributed by atoms with Gasteiger partial charge in [0.25, 0.3) is 0 Å². The lowest BCUT2D eigenvalue weighted by Crippen LogP contribution is -2.29. The number of carbonyl (C=O) groups is 3. The molecule has 0 aromatic heterocycles. The lowest BCUT2D eigenvalue weighted by molar-refractivity contribution is -0.122. The summed E-state index contributed by atoms with van der Waals surface area (Å²) in [5, 5.41) is 2.97. The summed E-state index contributed by atoms with van der Waals surface area (Å²) in [6, 6.07) is 10.4. The minimum absolute atomic E-state index is 0.0932. The summed E-state index contributed by atoms with van der Waals surface area (Å²) < 4.78 is 15.4. The van der Waals surface area contributed by atoms with Gasteiger partial charge in [-0.2, -0.15) is 0 Å². The maximum atomic E-state index is 13.2. The Bertz CT molecular complexity index is 1100. The minimum Gasteiger partial charge on any atom is -0.493 e. The van der Waals surface area contributed by atoms with E-state index in [1.54, 1.807) is 42.3 Å². The molecule has 9 heteroatoms. The van der Waals surface area contributed by atoms with E-state index in [1.807, 2.05) is 6.07 Å². The number of anilines is 3. The van der Waals surface area contributed by atoms with Gasteiger partial charge in [0.1, 0.15) is 0 Å². The van der Waals surface area contributed by atoms with Crippen LogP contribution in [-0.4, -0.2) is 58.7 Å². The molecule has 2 heterocycles. The normalized spacial score (nSPS) is 17.6. The van der Waals surface area contributed by atoms with E-state index in [2.05, 4.69) is 10.2 Å². The van der Waals surface area contributed by atoms with E-state index in [-0.39, 0.29) is 24.8 Å². The number of esters is 1. The van der Waals surface area contributed by atoms with E-state index in [9.17, 15) is 14.4 Å². The van der Waals surface area contributed by atoms with Crippen molar-refractivity contribution in [3.05, 3.63) is 42.0 Å². The van der Waals surface area contributed by atoms with Gasteiger partial charge in [-0.3, -0.25) is 9.59 Å². The molecule has 180 valence electrons. The summed E-state index contributed by atoms with van der Waals surface area (Å²) in [6.45, 7) is 2.01. The molecule has 0 bridgehead atoms. The van der Waals surface area contributed by atoms with Crippen molar-refractivity contribution in [1.82, 2.24) is 0 Å². The number of amides is 2. The van der Waals surface area contributed by atoms with E-state index < -0.39 is 11.9 Å². The van der Waals surface area contributed by atoms with Gasteiger partial charge in [-0.1, -0.05) is 0 Å². The topological polar surface area (TPSA) is 97.4 Å². The molecule has 2 aromatic carbocycles. The number of nitrogens with one attached hydrogen (secondary N) is 1. The van der Waals surface area contributed by atoms with E-state index >= 15 is 0 Å². The molecule has 4 rings (SSSR count). The number of ether oxygens (including phenoxy) is 3. The highest BCUT2D eigenvalue weighted by atomic mass is 16.5. The Morgan fingerprint density at radius 3 is 2.38 bits per heavy atom. The summed E-state index contributed by atoms with van der Waals surface area (Å²) in [5.41, 5.74) is 2.41. The standard InChI is InChI=1S/C25H29N3O6/c1-32-21-9-7-18(14-22(21)33-2)28-15-17(13-23(28)29)24(30)26-19-12-16(25(31)34-3)6-8-20(19)27-10-4-5-11-27/h6-9,12,14,17H,4-5,10-11,13,15H2,1-3H3,(H,26,30). The molecule has 0 radical (unpaired) electrons. The SMILES string of the molecule is COC(=O)c1ccc(N2CCCC2)c(NC(=O)C2CC(=O)N(c3ccc(OC)c(OC)c3)C2)c1. The number of nitrogens with zero attached hydrogens (tertiary/aromatic N) is 2. The average molecular weight is 468 g/mol. The Labute approximate surface area is 198 Å². The van der Waals surface area contributed by atoms with Crippen molar-refractivity contribution in [1.29, 1.82) is 0 Å². The van der Waals surface area contributed by atoms with Crippen LogP contribution in [0.5, 0.6) is 11.5 Å². The van der Waals surface area contributed by atoms with E-state index in [0.29, 0.717) is 28.4 Å². The van der Waals surface area contributed by atoms with Crippen LogP contribution in [0.25, 0.3) is 0 Å². The molecule has 1 unspecified atom stereocenters. The maximum Gasteiger partial charge on any atom is 0.337 e. The van der Waals surface area contributed by atoms with Gasteiger partial charge in [0, 0.05) is 37.8 Å². The van der Waals surface area contributed by atoms with E-state index in [4.69, 9.17) is 14.2 Å². The molecule has 1 atom stereocenters. The second-order valence-corrected chi connectivity index (χ2v) is 8.35. The Morgan fingerprint density at radius 2 is 1.71 bits per heavy atom. The fourth-order valence-electron chi connectivity index (χ4n) is 4.48. The van der Waals surface area contributed by atoms with Gasteiger partial charge in [0.15, 0.2) is 11.5 Å². The molecule has 2 aliphatic heterocycles. The monoisotopic (exact) mass is 467 g/mol. The van der Waals surface area contributed by atoms with Crippen LogP contribution in [0.3, 0.4) is 0 Å². The first-order valence-corrected chi connectivity index (χ1v) is 11.3. The molecule has 34 heavy (non-hydrogen) atoms. The van der Waals surface area contributed by atoms with E-state index in [1.165, 1.54) is 14.2 Å². The van der Waals surface area contributed by atoms with Crippen molar-refractivity contribution in [3.8, 4) is 11.5 Å². The first kappa shape index (κ1) is 23.4. The molecule has 2 aliphatic rings. The van der Waals surface area contributed by atoms with Crippen LogP contribution in [0.15, 0.2) is 36.4 Å². The van der Waals surface area contributed by atoms with Gasteiger partial charge in [0.2, 0.25) is 11.8 Å². The molecule has 1 N–H and O–H groups in total. The molecule has 0 saturated carbocycles. The third kappa shape index (κ3) is 4.64. The summed E-state index contributed by atoms with van der Waals surface area (Å²) >= 11 is 0. The van der Waals surface area contributed by atoms with Gasteiger partial charge < -0.3 is 29.3 Å². The molecular weight excluding hydrogens is 438 g/mol. The molecule has 0 spiro atoms. The Kier molecular flexibility index (Phi) is 6.90. The quantitative estimate of drug-likeness (QED) is 0.625. The summed E-state index contributed by atoms with van der Waals surface area (Å²) in [6.07, 6.45) is 2.24. The van der Waals surface area contributed by atoms with E-state index in [0.717, 1.165) is 31.6 Å². The molecule has 2 amide bonds. The molecule has 9 nitrogen and oxygen atoms in total. The predicted octanol–water partition coefficient (Wildman–Crippen LogP) is 3.08. The lowest BCUT2D eigenvalue weighted by atomic mass is 10.1. The van der Waals surface area contributed by atoms with Crippen LogP contribution < -0.4 is 24.6 Å². The van der Waals surface area contributed by atoms with Gasteiger partial charge >= 0.3 is 5.97 Å². The van der Waals surface area contributed by atoms with Crippen molar-refractivity contribution in [2.24, 2.45) is 5.92 Å². The van der Waals surface area contributed by atoms with Crippen LogP contribution in [0.2, 0.25) is 0 Å². The first-order chi connectivity index (χ1) is 16.4. The highest BCUT2D eigenvalue weighted by molar-refractivity contribution is 6.05. The van der Waals surface area contributed by atoms with Crippen molar-refractivity contribution < 1.29 is 28.6 Å². The van der Waals surface area contributed by atoms with Gasteiger partial charge in [0.05, 0.1) is 44.2 Å². The molecule has 2 fully saturated rings. The zero-order chi connectivity index (χ0) is 24.2. The van der Waals surface area contributed by atoms with Crippen molar-refractivity contribution >= 4 is 34.8 Å². The van der Waals surface area contributed by atoms with Crippen LogP contribution in [0.4, 0.5) is 17.1 Å². The van der Waals surface area contributed by atoms with Crippen LogP contribution in [-0.2, 0) is 14.3 Å². The number of benzene rings is 2. The van der Waals surface area contributed by atoms with Crippen molar-refractivity contribution in [3.63, 3.8) is 0 Å². The lowest BCUT2D eigenvalue weighted by Gasteiger charge is -2.23. The number of hydrogen-bond acceptors (Lipinski definition) is 7. The van der Waals surface area contributed by atoms with Gasteiger partial charge in [-0.05, 0) is 43.2 Å². The second-order valence-electron chi connectivity index (χ2n) is 8.35. The third-order valence-corrected chi connectivity index (χ3v) is 6.30. The molecule has 2 saturated heterocycles. The highest BCUT2D eigenvalue weighted by Gasteiger charge is 2.36. The number of rotatable bonds is 7. The maximum absolute atomic E-state index is 13.2. The number of hydrogen-bond donors (Lipinski definition) is 1. The zero-order valence-corrected chi connectivity index (χ0v) is 19.6. The zero-order valence-electron chi connectivity index (χ0n) is 19.6. The summed E-state index contributed by atoms with van der Waals surface area (Å²) in [7, 11) is 4.40. The molecule has 2 aromatic rings. The highest BCUT2D eigenvalue weighted by Crippen LogP contribution is 2.35. The van der Waals surface area contributed by atoms with Crippen LogP contribution in [0.1, 0.15) is 29.6 Å². The molecule has 0 aliphatic carbocycles. The summed E-state index contributed by atoms with van der Waals surface area (Å²) in [5.74, 6) is -0.343. The largest absolute Gasteiger partial charge is 0.493 e. The minimum atomic E-state index is -0.534. The van der Waals surface area contributed by atoms with Gasteiger partial charge in [-0.15, -0.1) is 0 Å². The third-order valence-electron chi connectivity index (χ3n) is 6.30. The Balaban J connectivity index is 1.54. The van der Waals surface area contributed by atoms with Crippen LogP contribution >= 0.6 is 0 Å². The second kappa shape index (κ2) is 10.0. The Hall–Kier alpha value is -3.75. The molecular formula is C25H29N3O6. The average Bonchev–Trinajstić information content (AvgIpc) is 3.53. The van der Waals surface area contributed by atoms with Gasteiger partial charge in [-0.25, -0.2) is 4.79 Å². The summed E-state index contributed by atoms with van der Waals surface area (Å²) in [4.78, 5) is 41.8. The van der Waals surface area contributed by atoms with Crippen LogP contribution in [0, 0.1) is 5.92 Å². The fourth-order valence-corrected chi connectivity index (χ4v) is 4.48.